The molecule has 0 radical (unpaired) electrons. The lowest BCUT2D eigenvalue weighted by atomic mass is 9.80. The maximum Gasteiger partial charge on any atom is 0.251 e. The molecule has 2 aliphatic heterocycles. The molecule has 0 spiro atoms. The number of nitrogens with zero attached hydrogens (tertiary/aromatic N) is 1. The minimum Gasteiger partial charge on any atom is -0.496 e. The Bertz CT molecular complexity index is 1680. The zero-order valence-electron chi connectivity index (χ0n) is 28.1. The highest BCUT2D eigenvalue weighted by Crippen LogP contribution is 2.55. The predicted octanol–water partition coefficient (Wildman–Crippen LogP) is 5.12. The molecule has 11 heteroatoms. The van der Waals surface area contributed by atoms with Crippen molar-refractivity contribution in [2.24, 2.45) is 0 Å². The van der Waals surface area contributed by atoms with Gasteiger partial charge in [0.15, 0.2) is 28.8 Å². The van der Waals surface area contributed by atoms with Crippen LogP contribution in [-0.4, -0.2) is 79.0 Å². The maximum absolute atomic E-state index is 14.6. The first-order valence-corrected chi connectivity index (χ1v) is 15.1. The van der Waals surface area contributed by atoms with Crippen molar-refractivity contribution in [2.45, 2.75) is 38.5 Å². The quantitative estimate of drug-likeness (QED) is 0.246. The summed E-state index contributed by atoms with van der Waals surface area (Å²) < 4.78 is 46.4. The second kappa shape index (κ2) is 14.3. The van der Waals surface area contributed by atoms with Gasteiger partial charge in [-0.25, -0.2) is 0 Å². The van der Waals surface area contributed by atoms with Crippen molar-refractivity contribution in [1.29, 1.82) is 0 Å². The van der Waals surface area contributed by atoms with E-state index >= 15 is 0 Å². The standard InChI is InChI=1S/C36H41NO10/c1-20-30(41-3)22(16-28(40-2)31(20)42-4)14-23-15-27(38)25-17-24-29(33(44-6)35(46-8)34(45-7)32(24)43-5)26(37(25)36(23)39)19-47-18-21-12-10-9-11-13-21/h9-14,16,25-26H,15,17-19H2,1-8H3/b23-14-/t25-,26-/m1/s1. The van der Waals surface area contributed by atoms with Crippen molar-refractivity contribution in [3.8, 4) is 40.2 Å². The fourth-order valence-corrected chi connectivity index (χ4v) is 6.70. The molecule has 11 nitrogen and oxygen atoms in total. The van der Waals surface area contributed by atoms with E-state index in [1.807, 2.05) is 37.3 Å². The van der Waals surface area contributed by atoms with E-state index in [0.29, 0.717) is 74.7 Å². The molecule has 5 rings (SSSR count). The van der Waals surface area contributed by atoms with Gasteiger partial charge in [-0.05, 0) is 24.6 Å². The van der Waals surface area contributed by atoms with Crippen LogP contribution in [0.1, 0.15) is 40.3 Å². The topological polar surface area (TPSA) is 111 Å². The lowest BCUT2D eigenvalue weighted by Gasteiger charge is -2.46. The molecule has 2 heterocycles. The first-order chi connectivity index (χ1) is 22.8. The third-order valence-electron chi connectivity index (χ3n) is 8.73. The zero-order chi connectivity index (χ0) is 33.8. The van der Waals surface area contributed by atoms with Crippen LogP contribution >= 0.6 is 0 Å². The van der Waals surface area contributed by atoms with Gasteiger partial charge in [0.2, 0.25) is 11.5 Å². The molecule has 0 bridgehead atoms. The predicted molar refractivity (Wildman–Crippen MR) is 174 cm³/mol. The fourth-order valence-electron chi connectivity index (χ4n) is 6.70. The minimum absolute atomic E-state index is 0.0679. The summed E-state index contributed by atoms with van der Waals surface area (Å²) in [7, 11) is 10.7. The number of ketones is 1. The summed E-state index contributed by atoms with van der Waals surface area (Å²) in [6, 6.07) is 9.96. The number of rotatable bonds is 12. The molecule has 3 aromatic carbocycles. The Balaban J connectivity index is 1.67. The van der Waals surface area contributed by atoms with Crippen LogP contribution in [0.15, 0.2) is 42.0 Å². The van der Waals surface area contributed by atoms with Gasteiger partial charge in [0, 0.05) is 40.7 Å². The normalized spacial score (nSPS) is 18.0. The van der Waals surface area contributed by atoms with E-state index in [0.717, 1.165) is 5.56 Å². The van der Waals surface area contributed by atoms with Crippen molar-refractivity contribution < 1.29 is 47.5 Å². The molecule has 0 saturated carbocycles. The molecule has 0 N–H and O–H groups in total. The molecule has 1 amide bonds. The molecule has 0 unspecified atom stereocenters. The zero-order valence-corrected chi connectivity index (χ0v) is 28.1. The molecule has 2 atom stereocenters. The Labute approximate surface area is 274 Å². The average Bonchev–Trinajstić information content (AvgIpc) is 3.09. The molecule has 250 valence electrons. The first-order valence-electron chi connectivity index (χ1n) is 15.1. The van der Waals surface area contributed by atoms with Crippen LogP contribution in [0.5, 0.6) is 40.2 Å². The van der Waals surface area contributed by atoms with Crippen LogP contribution < -0.4 is 33.2 Å². The lowest BCUT2D eigenvalue weighted by Crippen LogP contribution is -2.56. The second-order valence-electron chi connectivity index (χ2n) is 11.1. The highest BCUT2D eigenvalue weighted by atomic mass is 16.5. The Morgan fingerprint density at radius 2 is 1.38 bits per heavy atom. The third kappa shape index (κ3) is 5.91. The molecule has 1 fully saturated rings. The van der Waals surface area contributed by atoms with E-state index in [4.69, 9.17) is 37.9 Å². The highest BCUT2D eigenvalue weighted by molar-refractivity contribution is 6.10. The number of carbonyl (C=O) groups excluding carboxylic acids is 2. The number of fused-ring (bicyclic) bond motifs is 2. The molecular formula is C36H41NO10. The van der Waals surface area contributed by atoms with E-state index in [1.165, 1.54) is 35.5 Å². The van der Waals surface area contributed by atoms with E-state index in [9.17, 15) is 9.59 Å². The van der Waals surface area contributed by atoms with Crippen LogP contribution in [-0.2, 0) is 27.4 Å². The Morgan fingerprint density at radius 1 is 0.766 bits per heavy atom. The number of methoxy groups -OCH3 is 7. The fraction of sp³-hybridized carbons (Fsp3) is 0.389. The van der Waals surface area contributed by atoms with Crippen LogP contribution in [0.25, 0.3) is 6.08 Å². The van der Waals surface area contributed by atoms with E-state index < -0.39 is 12.1 Å². The van der Waals surface area contributed by atoms with Gasteiger partial charge in [-0.3, -0.25) is 9.59 Å². The van der Waals surface area contributed by atoms with E-state index in [2.05, 4.69) is 0 Å². The number of Topliss-reactive ketones (excluding diaryl/α,β-unsaturated/α-hetero) is 1. The van der Waals surface area contributed by atoms with Crippen molar-refractivity contribution in [3.63, 3.8) is 0 Å². The van der Waals surface area contributed by atoms with Crippen molar-refractivity contribution in [2.75, 3.05) is 56.4 Å². The molecule has 2 aliphatic rings. The van der Waals surface area contributed by atoms with Gasteiger partial charge in [-0.15, -0.1) is 0 Å². The van der Waals surface area contributed by atoms with Gasteiger partial charge in [0.1, 0.15) is 5.75 Å². The summed E-state index contributed by atoms with van der Waals surface area (Å²) in [6.45, 7) is 2.21. The van der Waals surface area contributed by atoms with Gasteiger partial charge >= 0.3 is 0 Å². The largest absolute Gasteiger partial charge is 0.496 e. The van der Waals surface area contributed by atoms with Crippen molar-refractivity contribution in [1.82, 2.24) is 4.90 Å². The molecule has 1 saturated heterocycles. The Morgan fingerprint density at radius 3 is 1.98 bits per heavy atom. The van der Waals surface area contributed by atoms with Gasteiger partial charge < -0.3 is 42.8 Å². The highest BCUT2D eigenvalue weighted by Gasteiger charge is 2.49. The van der Waals surface area contributed by atoms with Crippen LogP contribution in [0.4, 0.5) is 0 Å². The molecular weight excluding hydrogens is 606 g/mol. The SMILES string of the molecule is COc1cc(/C=C2/CC(=O)[C@H]3Cc4c(OC)c(OC)c(OC)c(OC)c4[C@@H](COCc4ccccc4)N3C2=O)c(OC)c(C)c1OC. The van der Waals surface area contributed by atoms with Crippen LogP contribution in [0, 0.1) is 6.92 Å². The van der Waals surface area contributed by atoms with Gasteiger partial charge in [0.05, 0.1) is 75.1 Å². The van der Waals surface area contributed by atoms with E-state index in [-0.39, 0.29) is 31.1 Å². The monoisotopic (exact) mass is 647 g/mol. The summed E-state index contributed by atoms with van der Waals surface area (Å²) in [4.78, 5) is 30.2. The third-order valence-corrected chi connectivity index (χ3v) is 8.73. The van der Waals surface area contributed by atoms with Crippen LogP contribution in [0.2, 0.25) is 0 Å². The number of hydrogen-bond donors (Lipinski definition) is 0. The average molecular weight is 648 g/mol. The van der Waals surface area contributed by atoms with Gasteiger partial charge in [0.25, 0.3) is 5.91 Å². The second-order valence-corrected chi connectivity index (χ2v) is 11.1. The van der Waals surface area contributed by atoms with Gasteiger partial charge in [-0.1, -0.05) is 30.3 Å². The molecule has 0 aromatic heterocycles. The van der Waals surface area contributed by atoms with E-state index in [1.54, 1.807) is 31.3 Å². The number of ether oxygens (including phenoxy) is 8. The number of amides is 1. The summed E-state index contributed by atoms with van der Waals surface area (Å²) in [5.41, 5.74) is 3.88. The number of benzene rings is 3. The van der Waals surface area contributed by atoms with Crippen molar-refractivity contribution >= 4 is 17.8 Å². The minimum atomic E-state index is -0.775. The number of carbonyl (C=O) groups is 2. The van der Waals surface area contributed by atoms with Crippen LogP contribution in [0.3, 0.4) is 0 Å². The van der Waals surface area contributed by atoms with Gasteiger partial charge in [-0.2, -0.15) is 0 Å². The lowest BCUT2D eigenvalue weighted by molar-refractivity contribution is -0.146. The number of hydrogen-bond acceptors (Lipinski definition) is 10. The molecule has 47 heavy (non-hydrogen) atoms. The summed E-state index contributed by atoms with van der Waals surface area (Å²) >= 11 is 0. The number of piperidine rings is 1. The summed E-state index contributed by atoms with van der Waals surface area (Å²) in [5.74, 6) is 2.52. The summed E-state index contributed by atoms with van der Waals surface area (Å²) in [5, 5.41) is 0. The smallest absolute Gasteiger partial charge is 0.251 e. The molecule has 3 aromatic rings. The first kappa shape index (κ1) is 33.5. The maximum atomic E-state index is 14.6. The summed E-state index contributed by atoms with van der Waals surface area (Å²) in [6.07, 6.45) is 1.81. The Hall–Kier alpha value is -4.90. The Kier molecular flexibility index (Phi) is 10.1. The van der Waals surface area contributed by atoms with Crippen molar-refractivity contribution in [3.05, 3.63) is 69.8 Å². The molecule has 0 aliphatic carbocycles.